The summed E-state index contributed by atoms with van der Waals surface area (Å²) in [4.78, 5) is 55.1. The van der Waals surface area contributed by atoms with Crippen molar-refractivity contribution in [3.8, 4) is 0 Å². The first-order chi connectivity index (χ1) is 51.5. The molecule has 1 atom stereocenters. The lowest BCUT2D eigenvalue weighted by atomic mass is 9.84. The van der Waals surface area contributed by atoms with E-state index in [0.717, 1.165) is 193 Å². The van der Waals surface area contributed by atoms with Crippen LogP contribution >= 0.6 is 0 Å². The highest BCUT2D eigenvalue weighted by Crippen LogP contribution is 2.37. The third-order valence-electron chi connectivity index (χ3n) is 22.9. The molecule has 0 heterocycles. The SMILES string of the molecule is C.C.CCCCCCCCC(CCCCCCCC)OC(=O)CCCCCCCN(CCO)CCCCCCCC(=O)OC(CCCCCCCC)C1CC1.CCCCCCCCC(CCCCCCCC)OC(=O)CCCCCCCN(CCO)CCCCCCCC(=O)OC1CCC(CCCCC)CC1. The van der Waals surface area contributed by atoms with Crippen LogP contribution in [-0.4, -0.2) is 121 Å². The van der Waals surface area contributed by atoms with Gasteiger partial charge in [-0.05, 0) is 192 Å². The molecule has 0 amide bonds. The van der Waals surface area contributed by atoms with E-state index in [9.17, 15) is 29.4 Å². The summed E-state index contributed by atoms with van der Waals surface area (Å²) in [5.74, 6) is 1.54. The van der Waals surface area contributed by atoms with Crippen LogP contribution in [0.2, 0.25) is 0 Å². The monoisotopic (exact) mass is 1520 g/mol. The summed E-state index contributed by atoms with van der Waals surface area (Å²) in [5.41, 5.74) is 0. The van der Waals surface area contributed by atoms with E-state index < -0.39 is 0 Å². The van der Waals surface area contributed by atoms with Crippen molar-refractivity contribution in [2.75, 3.05) is 52.5 Å². The molecule has 12 nitrogen and oxygen atoms in total. The number of rotatable bonds is 80. The molecule has 2 rings (SSSR count). The standard InChI is InChI=1S/C47H91NO5.C46H89NO5.2CH4/c1-4-7-10-13-18-25-32-44(33-26-19-14-11-8-5-2)52-46(50)35-28-21-16-23-30-39-48(41-42-49)40-31-24-17-22-29-36-47(51)53-45(43-37-38-43)34-27-20-15-12-9-6-3;1-4-7-10-12-16-23-30-43(31-24-17-13-11-8-5-2)51-45(49)32-25-18-14-20-27-38-47(40-41-48)39-28-21-15-19-26-33-46(50)52-44-36-34-42(35-37-44)29-22-9-6-3;;/h43-45,49H,4-42H2,1-3H3;42-44,48H,4-41H2,1-3H3;2*1H4. The Kier molecular flexibility index (Phi) is 83.0. The summed E-state index contributed by atoms with van der Waals surface area (Å²) in [6.45, 7) is 19.6. The molecule has 2 fully saturated rings. The number of ether oxygens (including phenoxy) is 4. The number of hydrogen-bond acceptors (Lipinski definition) is 12. The second-order valence-electron chi connectivity index (χ2n) is 33.2. The molecular formula is C95H188N2O10. The number of unbranched alkanes of at least 4 members (excludes halogenated alkanes) is 43. The van der Waals surface area contributed by atoms with Gasteiger partial charge in [-0.15, -0.1) is 0 Å². The molecule has 12 heteroatoms. The van der Waals surface area contributed by atoms with Crippen molar-refractivity contribution in [3.63, 3.8) is 0 Å². The molecule has 107 heavy (non-hydrogen) atoms. The first kappa shape index (κ1) is 107. The van der Waals surface area contributed by atoms with Crippen molar-refractivity contribution >= 4 is 23.9 Å². The van der Waals surface area contributed by atoms with Gasteiger partial charge in [-0.1, -0.05) is 320 Å². The minimum Gasteiger partial charge on any atom is -0.462 e. The van der Waals surface area contributed by atoms with E-state index >= 15 is 0 Å². The van der Waals surface area contributed by atoms with Crippen LogP contribution in [0, 0.1) is 11.8 Å². The van der Waals surface area contributed by atoms with Crippen LogP contribution in [0.25, 0.3) is 0 Å². The maximum Gasteiger partial charge on any atom is 0.306 e. The van der Waals surface area contributed by atoms with Gasteiger partial charge in [0.05, 0.1) is 13.2 Å². The Labute approximate surface area is 666 Å². The van der Waals surface area contributed by atoms with E-state index in [1.807, 2.05) is 0 Å². The zero-order valence-corrected chi connectivity index (χ0v) is 71.0. The van der Waals surface area contributed by atoms with E-state index in [1.54, 1.807) is 0 Å². The second-order valence-corrected chi connectivity index (χ2v) is 33.2. The lowest BCUT2D eigenvalue weighted by Gasteiger charge is -2.28. The van der Waals surface area contributed by atoms with Gasteiger partial charge in [-0.25, -0.2) is 0 Å². The number of carbonyl (C=O) groups is 4. The Hall–Kier alpha value is -2.28. The van der Waals surface area contributed by atoms with Crippen LogP contribution in [0.3, 0.4) is 0 Å². The zero-order valence-electron chi connectivity index (χ0n) is 71.0. The highest BCUT2D eigenvalue weighted by molar-refractivity contribution is 5.70. The summed E-state index contributed by atoms with van der Waals surface area (Å²) in [6, 6.07) is 0. The molecule has 0 aliphatic heterocycles. The zero-order chi connectivity index (χ0) is 76.2. The van der Waals surface area contributed by atoms with Crippen molar-refractivity contribution in [1.82, 2.24) is 9.80 Å². The van der Waals surface area contributed by atoms with Gasteiger partial charge in [0, 0.05) is 38.8 Å². The molecule has 0 aromatic carbocycles. The third kappa shape index (κ3) is 72.4. The average molecular weight is 1520 g/mol. The smallest absolute Gasteiger partial charge is 0.306 e. The highest BCUT2D eigenvalue weighted by atomic mass is 16.6. The fourth-order valence-corrected chi connectivity index (χ4v) is 15.8. The molecule has 2 N–H and O–H groups in total. The van der Waals surface area contributed by atoms with Crippen LogP contribution in [0.4, 0.5) is 0 Å². The van der Waals surface area contributed by atoms with E-state index in [1.165, 1.54) is 270 Å². The summed E-state index contributed by atoms with van der Waals surface area (Å²) < 4.78 is 23.8. The summed E-state index contributed by atoms with van der Waals surface area (Å²) in [5, 5.41) is 19.2. The Balaban J connectivity index is 0. The van der Waals surface area contributed by atoms with Gasteiger partial charge in [-0.2, -0.15) is 0 Å². The fourth-order valence-electron chi connectivity index (χ4n) is 15.8. The van der Waals surface area contributed by atoms with Crippen LogP contribution in [0.15, 0.2) is 0 Å². The fraction of sp³-hybridized carbons (Fsp3) is 0.958. The molecule has 0 aromatic rings. The van der Waals surface area contributed by atoms with Gasteiger partial charge in [0.25, 0.3) is 0 Å². The quantitative estimate of drug-likeness (QED) is 0.0339. The van der Waals surface area contributed by atoms with Gasteiger partial charge < -0.3 is 39.0 Å². The number of nitrogens with zero attached hydrogens (tertiary/aromatic N) is 2. The molecule has 2 saturated carbocycles. The van der Waals surface area contributed by atoms with Gasteiger partial charge in [0.15, 0.2) is 0 Å². The van der Waals surface area contributed by atoms with Gasteiger partial charge >= 0.3 is 23.9 Å². The van der Waals surface area contributed by atoms with Gasteiger partial charge in [0.2, 0.25) is 0 Å². The normalized spacial score (nSPS) is 14.6. The van der Waals surface area contributed by atoms with Crippen molar-refractivity contribution in [3.05, 3.63) is 0 Å². The van der Waals surface area contributed by atoms with Crippen molar-refractivity contribution in [1.29, 1.82) is 0 Å². The van der Waals surface area contributed by atoms with Crippen molar-refractivity contribution in [2.24, 2.45) is 11.8 Å². The van der Waals surface area contributed by atoms with Crippen LogP contribution < -0.4 is 0 Å². The lowest BCUT2D eigenvalue weighted by Crippen LogP contribution is -2.29. The number of aliphatic hydroxyl groups excluding tert-OH is 2. The summed E-state index contributed by atoms with van der Waals surface area (Å²) in [7, 11) is 0. The predicted molar refractivity (Wildman–Crippen MR) is 460 cm³/mol. The molecular weight excluding hydrogens is 1330 g/mol. The maximum absolute atomic E-state index is 12.7. The molecule has 2 aliphatic carbocycles. The number of hydrogen-bond donors (Lipinski definition) is 2. The highest BCUT2D eigenvalue weighted by Gasteiger charge is 2.33. The van der Waals surface area contributed by atoms with E-state index in [0.29, 0.717) is 31.6 Å². The first-order valence-electron chi connectivity index (χ1n) is 47.0. The molecule has 0 saturated heterocycles. The van der Waals surface area contributed by atoms with Crippen LogP contribution in [0.1, 0.15) is 499 Å². The topological polar surface area (TPSA) is 152 Å². The predicted octanol–water partition coefficient (Wildman–Crippen LogP) is 27.8. The summed E-state index contributed by atoms with van der Waals surface area (Å²) >= 11 is 0. The molecule has 0 radical (unpaired) electrons. The Morgan fingerprint density at radius 1 is 0.290 bits per heavy atom. The number of esters is 4. The second kappa shape index (κ2) is 83.2. The largest absolute Gasteiger partial charge is 0.462 e. The maximum atomic E-state index is 12.7. The van der Waals surface area contributed by atoms with E-state index in [4.69, 9.17) is 18.9 Å². The first-order valence-corrected chi connectivity index (χ1v) is 47.0. The van der Waals surface area contributed by atoms with Gasteiger partial charge in [0.1, 0.15) is 24.4 Å². The molecule has 638 valence electrons. The molecule has 0 spiro atoms. The van der Waals surface area contributed by atoms with Crippen molar-refractivity contribution in [2.45, 2.75) is 524 Å². The molecule has 0 aromatic heterocycles. The van der Waals surface area contributed by atoms with Crippen LogP contribution in [0.5, 0.6) is 0 Å². The Bertz CT molecular complexity index is 1810. The summed E-state index contributed by atoms with van der Waals surface area (Å²) in [6.07, 6.45) is 80.9. The van der Waals surface area contributed by atoms with Gasteiger partial charge in [-0.3, -0.25) is 19.2 Å². The Morgan fingerprint density at radius 3 is 0.860 bits per heavy atom. The van der Waals surface area contributed by atoms with Crippen molar-refractivity contribution < 1.29 is 48.3 Å². The molecule has 2 aliphatic rings. The average Bonchev–Trinajstić information content (AvgIpc) is 1.71. The number of aliphatic hydroxyl groups is 2. The Morgan fingerprint density at radius 2 is 0.551 bits per heavy atom. The minimum absolute atomic E-state index is 0. The lowest BCUT2D eigenvalue weighted by molar-refractivity contribution is -0.152. The van der Waals surface area contributed by atoms with E-state index in [-0.39, 0.29) is 76.4 Å². The molecule has 1 unspecified atom stereocenters. The molecule has 0 bridgehead atoms. The third-order valence-corrected chi connectivity index (χ3v) is 22.9. The van der Waals surface area contributed by atoms with Crippen LogP contribution in [-0.2, 0) is 38.1 Å². The number of carbonyl (C=O) groups excluding carboxylic acids is 4. The minimum atomic E-state index is 0. The van der Waals surface area contributed by atoms with E-state index in [2.05, 4.69) is 51.3 Å².